The number of thiocarbonyl (C=S) groups is 1. The van der Waals surface area contributed by atoms with Gasteiger partial charge in [0, 0.05) is 24.6 Å². The van der Waals surface area contributed by atoms with Gasteiger partial charge in [0.15, 0.2) is 5.11 Å². The Morgan fingerprint density at radius 2 is 2.35 bits per heavy atom. The number of methoxy groups -OCH3 is 1. The highest BCUT2D eigenvalue weighted by Gasteiger charge is 2.03. The second kappa shape index (κ2) is 7.87. The summed E-state index contributed by atoms with van der Waals surface area (Å²) in [4.78, 5) is 1.26. The monoisotopic (exact) mass is 292 g/mol. The van der Waals surface area contributed by atoms with Crippen LogP contribution in [0.25, 0.3) is 0 Å². The molecule has 17 heavy (non-hydrogen) atoms. The maximum Gasteiger partial charge on any atom is 0.166 e. The van der Waals surface area contributed by atoms with E-state index < -0.39 is 0 Å². The van der Waals surface area contributed by atoms with Gasteiger partial charge in [-0.05, 0) is 37.7 Å². The van der Waals surface area contributed by atoms with Crippen LogP contribution in [0.1, 0.15) is 11.8 Å². The lowest BCUT2D eigenvalue weighted by atomic mass is 10.3. The molecule has 0 aliphatic carbocycles. The molecule has 1 aromatic rings. The third-order valence-corrected chi connectivity index (χ3v) is 3.63. The van der Waals surface area contributed by atoms with Crippen molar-refractivity contribution < 1.29 is 4.74 Å². The van der Waals surface area contributed by atoms with Crippen LogP contribution >= 0.6 is 35.2 Å². The lowest BCUT2D eigenvalue weighted by Crippen LogP contribution is -2.42. The zero-order chi connectivity index (χ0) is 12.7. The van der Waals surface area contributed by atoms with Gasteiger partial charge in [0.2, 0.25) is 0 Å². The van der Waals surface area contributed by atoms with Crippen molar-refractivity contribution in [2.45, 2.75) is 19.4 Å². The number of nitrogens with one attached hydrogen (secondary N) is 2. The molecule has 6 heteroatoms. The summed E-state index contributed by atoms with van der Waals surface area (Å²) in [5, 5.41) is 6.97. The summed E-state index contributed by atoms with van der Waals surface area (Å²) in [5.74, 6) is 0. The Kier molecular flexibility index (Phi) is 6.80. The summed E-state index contributed by atoms with van der Waals surface area (Å²) in [6.07, 6.45) is 0.928. The van der Waals surface area contributed by atoms with E-state index in [-0.39, 0.29) is 6.04 Å². The summed E-state index contributed by atoms with van der Waals surface area (Å²) in [6, 6.07) is 4.17. The van der Waals surface area contributed by atoms with Crippen molar-refractivity contribution in [2.75, 3.05) is 20.3 Å². The number of rotatable bonds is 6. The van der Waals surface area contributed by atoms with Crippen molar-refractivity contribution in [1.29, 1.82) is 0 Å². The van der Waals surface area contributed by atoms with Gasteiger partial charge in [-0.15, -0.1) is 11.3 Å². The number of hydrogen-bond acceptors (Lipinski definition) is 3. The number of ether oxygens (including phenoxy) is 1. The highest BCUT2D eigenvalue weighted by molar-refractivity contribution is 7.80. The van der Waals surface area contributed by atoms with Gasteiger partial charge >= 0.3 is 0 Å². The Morgan fingerprint density at radius 3 is 2.94 bits per heavy atom. The number of thiophene rings is 1. The normalized spacial score (nSPS) is 12.2. The fourth-order valence-electron chi connectivity index (χ4n) is 1.35. The van der Waals surface area contributed by atoms with Crippen molar-refractivity contribution in [2.24, 2.45) is 0 Å². The fourth-order valence-corrected chi connectivity index (χ4v) is 2.74. The number of halogens is 1. The summed E-state index contributed by atoms with van der Waals surface area (Å²) in [7, 11) is 1.68. The maximum atomic E-state index is 5.85. The Hall–Kier alpha value is -0.360. The van der Waals surface area contributed by atoms with E-state index in [1.54, 1.807) is 18.4 Å². The van der Waals surface area contributed by atoms with Crippen LogP contribution < -0.4 is 10.6 Å². The highest BCUT2D eigenvalue weighted by atomic mass is 35.5. The molecule has 0 aliphatic rings. The smallest absolute Gasteiger partial charge is 0.166 e. The summed E-state index contributed by atoms with van der Waals surface area (Å²) < 4.78 is 5.85. The molecule has 1 atom stereocenters. The zero-order valence-electron chi connectivity index (χ0n) is 9.96. The summed E-state index contributed by atoms with van der Waals surface area (Å²) in [6.45, 7) is 3.47. The molecule has 96 valence electrons. The fraction of sp³-hybridized carbons (Fsp3) is 0.545. The quantitative estimate of drug-likeness (QED) is 0.789. The molecule has 0 spiro atoms. The average Bonchev–Trinajstić information content (AvgIpc) is 2.64. The lowest BCUT2D eigenvalue weighted by molar-refractivity contribution is 0.179. The minimum Gasteiger partial charge on any atom is -0.383 e. The molecular formula is C11H17ClN2OS2. The van der Waals surface area contributed by atoms with Crippen molar-refractivity contribution in [3.63, 3.8) is 0 Å². The molecule has 0 bridgehead atoms. The molecule has 1 unspecified atom stereocenters. The van der Waals surface area contributed by atoms with Crippen LogP contribution in [-0.2, 0) is 11.2 Å². The summed E-state index contributed by atoms with van der Waals surface area (Å²) >= 11 is 12.6. The van der Waals surface area contributed by atoms with E-state index in [4.69, 9.17) is 28.6 Å². The van der Waals surface area contributed by atoms with Crippen LogP contribution in [0.4, 0.5) is 0 Å². The molecule has 2 N–H and O–H groups in total. The molecular weight excluding hydrogens is 276 g/mol. The summed E-state index contributed by atoms with van der Waals surface area (Å²) in [5.41, 5.74) is 0. The van der Waals surface area contributed by atoms with Gasteiger partial charge in [0.1, 0.15) is 0 Å². The molecule has 0 saturated heterocycles. The van der Waals surface area contributed by atoms with E-state index >= 15 is 0 Å². The van der Waals surface area contributed by atoms with Gasteiger partial charge < -0.3 is 15.4 Å². The molecule has 1 heterocycles. The van der Waals surface area contributed by atoms with Gasteiger partial charge in [-0.2, -0.15) is 0 Å². The van der Waals surface area contributed by atoms with E-state index in [1.165, 1.54) is 4.88 Å². The van der Waals surface area contributed by atoms with Crippen molar-refractivity contribution in [3.05, 3.63) is 21.3 Å². The van der Waals surface area contributed by atoms with Crippen LogP contribution in [0.5, 0.6) is 0 Å². The van der Waals surface area contributed by atoms with Crippen LogP contribution in [0.15, 0.2) is 12.1 Å². The standard InChI is InChI=1S/C11H17ClN2OS2/c1-8(7-15-2)14-11(16)13-6-5-9-3-4-10(12)17-9/h3-4,8H,5-7H2,1-2H3,(H2,13,14,16). The van der Waals surface area contributed by atoms with Crippen LogP contribution in [0.2, 0.25) is 4.34 Å². The van der Waals surface area contributed by atoms with Crippen molar-refractivity contribution >= 4 is 40.3 Å². The minimum absolute atomic E-state index is 0.219. The Balaban J connectivity index is 2.16. The SMILES string of the molecule is COCC(C)NC(=S)NCCc1ccc(Cl)s1. The predicted octanol–water partition coefficient (Wildman–Crippen LogP) is 2.44. The van der Waals surface area contributed by atoms with Crippen molar-refractivity contribution in [1.82, 2.24) is 10.6 Å². The van der Waals surface area contributed by atoms with Crippen LogP contribution in [-0.4, -0.2) is 31.4 Å². The van der Waals surface area contributed by atoms with Gasteiger partial charge in [-0.3, -0.25) is 0 Å². The maximum absolute atomic E-state index is 5.85. The minimum atomic E-state index is 0.219. The van der Waals surface area contributed by atoms with E-state index in [0.29, 0.717) is 11.7 Å². The van der Waals surface area contributed by atoms with Gasteiger partial charge in [0.25, 0.3) is 0 Å². The first kappa shape index (κ1) is 14.7. The molecule has 0 aromatic carbocycles. The zero-order valence-corrected chi connectivity index (χ0v) is 12.3. The van der Waals surface area contributed by atoms with Crippen molar-refractivity contribution in [3.8, 4) is 0 Å². The first-order valence-corrected chi connectivity index (χ1v) is 6.99. The van der Waals surface area contributed by atoms with Gasteiger partial charge in [-0.25, -0.2) is 0 Å². The second-order valence-electron chi connectivity index (χ2n) is 3.71. The molecule has 3 nitrogen and oxygen atoms in total. The van der Waals surface area contributed by atoms with E-state index in [2.05, 4.69) is 10.6 Å². The number of hydrogen-bond donors (Lipinski definition) is 2. The van der Waals surface area contributed by atoms with Crippen LogP contribution in [0, 0.1) is 0 Å². The Morgan fingerprint density at radius 1 is 1.59 bits per heavy atom. The lowest BCUT2D eigenvalue weighted by Gasteiger charge is -2.15. The average molecular weight is 293 g/mol. The third kappa shape index (κ3) is 6.21. The highest BCUT2D eigenvalue weighted by Crippen LogP contribution is 2.21. The molecule has 0 radical (unpaired) electrons. The van der Waals surface area contributed by atoms with Gasteiger partial charge in [0.05, 0.1) is 10.9 Å². The molecule has 1 rings (SSSR count). The predicted molar refractivity (Wildman–Crippen MR) is 78.1 cm³/mol. The Bertz CT molecular complexity index is 357. The largest absolute Gasteiger partial charge is 0.383 e. The molecule has 0 amide bonds. The first-order valence-electron chi connectivity index (χ1n) is 5.39. The van der Waals surface area contributed by atoms with Gasteiger partial charge in [-0.1, -0.05) is 11.6 Å². The molecule has 0 saturated carbocycles. The topological polar surface area (TPSA) is 33.3 Å². The molecule has 1 aromatic heterocycles. The van der Waals surface area contributed by atoms with E-state index in [1.807, 2.05) is 19.1 Å². The Labute approximate surface area is 117 Å². The first-order chi connectivity index (χ1) is 8.11. The van der Waals surface area contributed by atoms with E-state index in [9.17, 15) is 0 Å². The second-order valence-corrected chi connectivity index (χ2v) is 5.92. The molecule has 0 fully saturated rings. The molecule has 0 aliphatic heterocycles. The van der Waals surface area contributed by atoms with Crippen LogP contribution in [0.3, 0.4) is 0 Å². The third-order valence-electron chi connectivity index (χ3n) is 2.08. The van der Waals surface area contributed by atoms with E-state index in [0.717, 1.165) is 17.3 Å².